The van der Waals surface area contributed by atoms with Crippen molar-refractivity contribution in [2.45, 2.75) is 35.6 Å². The minimum atomic E-state index is 0.434. The van der Waals surface area contributed by atoms with Crippen LogP contribution in [0.4, 0.5) is 11.6 Å². The lowest BCUT2D eigenvalue weighted by Gasteiger charge is -2.33. The van der Waals surface area contributed by atoms with Crippen molar-refractivity contribution < 1.29 is 0 Å². The van der Waals surface area contributed by atoms with Gasteiger partial charge in [0.1, 0.15) is 10.8 Å². The van der Waals surface area contributed by atoms with Crippen molar-refractivity contribution in [1.82, 2.24) is 9.97 Å². The van der Waals surface area contributed by atoms with Gasteiger partial charge in [0.25, 0.3) is 0 Å². The lowest BCUT2D eigenvalue weighted by Crippen LogP contribution is -2.37. The summed E-state index contributed by atoms with van der Waals surface area (Å²) < 4.78 is 0. The van der Waals surface area contributed by atoms with Crippen molar-refractivity contribution in [2.75, 3.05) is 23.7 Å². The number of nitrogens with zero attached hydrogens (tertiary/aromatic N) is 3. The molecular formula is C17H18Cl2N4S. The molecule has 0 bridgehead atoms. The number of nitrogen functional groups attached to an aromatic ring is 1. The van der Waals surface area contributed by atoms with E-state index in [1.165, 1.54) is 37.4 Å². The quantitative estimate of drug-likeness (QED) is 0.820. The van der Waals surface area contributed by atoms with Gasteiger partial charge in [-0.25, -0.2) is 9.97 Å². The normalized spacial score (nSPS) is 18.8. The molecule has 1 aromatic carbocycles. The van der Waals surface area contributed by atoms with E-state index in [1.807, 2.05) is 18.3 Å². The van der Waals surface area contributed by atoms with Crippen LogP contribution in [-0.2, 0) is 0 Å². The summed E-state index contributed by atoms with van der Waals surface area (Å²) in [5.41, 5.74) is 6.69. The minimum absolute atomic E-state index is 0.434. The molecule has 1 saturated heterocycles. The Hall–Kier alpha value is -1.17. The smallest absolute Gasteiger partial charge is 0.158 e. The molecule has 0 amide bonds. The molecule has 0 atom stereocenters. The second-order valence-electron chi connectivity index (χ2n) is 6.60. The first kappa shape index (κ1) is 16.3. The molecule has 2 heterocycles. The van der Waals surface area contributed by atoms with Crippen molar-refractivity contribution in [3.63, 3.8) is 0 Å². The van der Waals surface area contributed by atoms with Gasteiger partial charge in [0, 0.05) is 18.0 Å². The molecule has 1 aromatic heterocycles. The summed E-state index contributed by atoms with van der Waals surface area (Å²) in [6.07, 6.45) is 7.06. The number of hydrogen-bond acceptors (Lipinski definition) is 5. The average Bonchev–Trinajstić information content (AvgIpc) is 3.32. The standard InChI is InChI=1S/C17H18Cl2N4S/c18-11-3-1-4-12(14(11)19)24-16-15(20)22-13(9-21-16)23-8-2-5-17(10-23)6-7-17/h1,3-4,9H,2,5-8,10H2,(H2,20,22). The molecule has 4 rings (SSSR count). The van der Waals surface area contributed by atoms with E-state index in [4.69, 9.17) is 28.9 Å². The summed E-state index contributed by atoms with van der Waals surface area (Å²) in [5.74, 6) is 1.31. The summed E-state index contributed by atoms with van der Waals surface area (Å²) in [4.78, 5) is 12.2. The molecule has 2 N–H and O–H groups in total. The van der Waals surface area contributed by atoms with Crippen LogP contribution in [0.15, 0.2) is 34.3 Å². The third-order valence-corrected chi connectivity index (χ3v) is 6.82. The van der Waals surface area contributed by atoms with Crippen LogP contribution in [0.3, 0.4) is 0 Å². The van der Waals surface area contributed by atoms with E-state index in [0.717, 1.165) is 23.8 Å². The Kier molecular flexibility index (Phi) is 4.27. The van der Waals surface area contributed by atoms with Crippen LogP contribution < -0.4 is 10.6 Å². The van der Waals surface area contributed by atoms with Gasteiger partial charge in [-0.1, -0.05) is 41.0 Å². The number of piperidine rings is 1. The molecule has 1 spiro atoms. The molecule has 2 aliphatic rings. The third-order valence-electron chi connectivity index (χ3n) is 4.82. The van der Waals surface area contributed by atoms with Gasteiger partial charge >= 0.3 is 0 Å². The van der Waals surface area contributed by atoms with E-state index in [-0.39, 0.29) is 0 Å². The fourth-order valence-corrected chi connectivity index (χ4v) is 4.55. The fourth-order valence-electron chi connectivity index (χ4n) is 3.27. The fraction of sp³-hybridized carbons (Fsp3) is 0.412. The zero-order valence-electron chi connectivity index (χ0n) is 13.1. The Balaban J connectivity index is 1.55. The Bertz CT molecular complexity index is 779. The van der Waals surface area contributed by atoms with Gasteiger partial charge in [0.2, 0.25) is 0 Å². The number of rotatable bonds is 3. The highest BCUT2D eigenvalue weighted by atomic mass is 35.5. The van der Waals surface area contributed by atoms with Gasteiger partial charge < -0.3 is 10.6 Å². The van der Waals surface area contributed by atoms with E-state index in [1.54, 1.807) is 6.07 Å². The first-order valence-corrected chi connectivity index (χ1v) is 9.63. The molecule has 1 aliphatic heterocycles. The number of anilines is 2. The van der Waals surface area contributed by atoms with Gasteiger partial charge in [-0.2, -0.15) is 0 Å². The van der Waals surface area contributed by atoms with E-state index in [9.17, 15) is 0 Å². The van der Waals surface area contributed by atoms with Gasteiger partial charge in [0.15, 0.2) is 5.82 Å². The van der Waals surface area contributed by atoms with Crippen LogP contribution in [-0.4, -0.2) is 23.1 Å². The van der Waals surface area contributed by atoms with Crippen molar-refractivity contribution in [3.05, 3.63) is 34.4 Å². The van der Waals surface area contributed by atoms with Crippen molar-refractivity contribution >= 4 is 46.6 Å². The van der Waals surface area contributed by atoms with E-state index in [0.29, 0.717) is 26.3 Å². The number of hydrogen-bond donors (Lipinski definition) is 1. The summed E-state index contributed by atoms with van der Waals surface area (Å²) in [7, 11) is 0. The molecule has 24 heavy (non-hydrogen) atoms. The number of aromatic nitrogens is 2. The van der Waals surface area contributed by atoms with Crippen molar-refractivity contribution in [3.8, 4) is 0 Å². The van der Waals surface area contributed by atoms with E-state index < -0.39 is 0 Å². The van der Waals surface area contributed by atoms with Gasteiger partial charge in [-0.3, -0.25) is 0 Å². The van der Waals surface area contributed by atoms with Crippen LogP contribution in [0.1, 0.15) is 25.7 Å². The summed E-state index contributed by atoms with van der Waals surface area (Å²) >= 11 is 13.7. The first-order chi connectivity index (χ1) is 11.6. The SMILES string of the molecule is Nc1nc(N2CCCC3(CC3)C2)cnc1Sc1cccc(Cl)c1Cl. The Morgan fingerprint density at radius 3 is 2.79 bits per heavy atom. The minimum Gasteiger partial charge on any atom is -0.381 e. The largest absolute Gasteiger partial charge is 0.381 e. The summed E-state index contributed by atoms with van der Waals surface area (Å²) in [6.45, 7) is 2.11. The van der Waals surface area contributed by atoms with Crippen LogP contribution in [0.5, 0.6) is 0 Å². The Labute approximate surface area is 155 Å². The Morgan fingerprint density at radius 2 is 2.04 bits per heavy atom. The van der Waals surface area contributed by atoms with Crippen LogP contribution in [0.25, 0.3) is 0 Å². The monoisotopic (exact) mass is 380 g/mol. The second-order valence-corrected chi connectivity index (χ2v) is 8.41. The topological polar surface area (TPSA) is 55.0 Å². The lowest BCUT2D eigenvalue weighted by atomic mass is 9.95. The number of halogens is 2. The average molecular weight is 381 g/mol. The molecule has 1 saturated carbocycles. The number of nitrogens with two attached hydrogens (primary N) is 1. The molecule has 1 aliphatic carbocycles. The maximum Gasteiger partial charge on any atom is 0.158 e. The van der Waals surface area contributed by atoms with Crippen LogP contribution >= 0.6 is 35.0 Å². The van der Waals surface area contributed by atoms with Gasteiger partial charge in [-0.15, -0.1) is 0 Å². The molecule has 0 radical (unpaired) electrons. The molecular weight excluding hydrogens is 363 g/mol. The van der Waals surface area contributed by atoms with Gasteiger partial charge in [-0.05, 0) is 43.2 Å². The maximum absolute atomic E-state index is 6.24. The van der Waals surface area contributed by atoms with Gasteiger partial charge in [0.05, 0.1) is 16.2 Å². The van der Waals surface area contributed by atoms with Crippen LogP contribution in [0, 0.1) is 5.41 Å². The highest BCUT2D eigenvalue weighted by molar-refractivity contribution is 7.99. The molecule has 0 unspecified atom stereocenters. The van der Waals surface area contributed by atoms with Crippen LogP contribution in [0.2, 0.25) is 10.0 Å². The first-order valence-electron chi connectivity index (χ1n) is 8.06. The third kappa shape index (κ3) is 3.17. The lowest BCUT2D eigenvalue weighted by molar-refractivity contribution is 0.393. The second kappa shape index (κ2) is 6.28. The molecule has 4 nitrogen and oxygen atoms in total. The maximum atomic E-state index is 6.24. The number of benzene rings is 1. The predicted molar refractivity (Wildman–Crippen MR) is 100 cm³/mol. The summed E-state index contributed by atoms with van der Waals surface area (Å²) in [6, 6.07) is 5.52. The molecule has 126 valence electrons. The zero-order chi connectivity index (χ0) is 16.7. The molecule has 7 heteroatoms. The van der Waals surface area contributed by atoms with E-state index in [2.05, 4.69) is 14.9 Å². The predicted octanol–water partition coefficient (Wildman–Crippen LogP) is 4.90. The zero-order valence-corrected chi connectivity index (χ0v) is 15.5. The summed E-state index contributed by atoms with van der Waals surface area (Å²) in [5, 5.41) is 1.69. The van der Waals surface area contributed by atoms with Crippen molar-refractivity contribution in [1.29, 1.82) is 0 Å². The highest BCUT2D eigenvalue weighted by Crippen LogP contribution is 2.52. The van der Waals surface area contributed by atoms with Crippen molar-refractivity contribution in [2.24, 2.45) is 5.41 Å². The molecule has 2 aromatic rings. The molecule has 2 fully saturated rings. The highest BCUT2D eigenvalue weighted by Gasteiger charge is 2.45. The van der Waals surface area contributed by atoms with E-state index >= 15 is 0 Å². The Morgan fingerprint density at radius 1 is 1.21 bits per heavy atom.